The number of aliphatic hydroxyl groups is 1. The first-order valence-electron chi connectivity index (χ1n) is 7.54. The van der Waals surface area contributed by atoms with Crippen molar-refractivity contribution >= 4 is 0 Å². The van der Waals surface area contributed by atoms with E-state index in [1.165, 1.54) is 12.8 Å². The third kappa shape index (κ3) is 1.56. The largest absolute Gasteiger partial charge is 0.388 e. The Morgan fingerprint density at radius 1 is 1.11 bits per heavy atom. The molecule has 3 aliphatic carbocycles. The Labute approximate surface area is 110 Å². The minimum Gasteiger partial charge on any atom is -0.388 e. The zero-order chi connectivity index (χ0) is 13.0. The van der Waals surface area contributed by atoms with E-state index >= 15 is 0 Å². The van der Waals surface area contributed by atoms with Crippen LogP contribution in [0.1, 0.15) is 65.2 Å². The fraction of sp³-hybridized carbons (Fsp3) is 0.938. The predicted molar refractivity (Wildman–Crippen MR) is 70.7 cm³/mol. The van der Waals surface area contributed by atoms with Crippen molar-refractivity contribution in [1.29, 1.82) is 5.26 Å². The summed E-state index contributed by atoms with van der Waals surface area (Å²) in [6, 6.07) is 2.57. The molecule has 0 aromatic rings. The number of nitrogens with zero attached hydrogens (tertiary/aromatic N) is 1. The predicted octanol–water partition coefficient (Wildman–Crippen LogP) is 3.65. The standard InChI is InChI=1S/C16H25NO/c1-14(2)5-7-15(11-17,8-6-14)16(18)10-12-3-4-13(16)9-12/h12-13,18H,3-10H2,1-2H3. The fourth-order valence-electron chi connectivity index (χ4n) is 4.88. The lowest BCUT2D eigenvalue weighted by Gasteiger charge is -2.50. The highest BCUT2D eigenvalue weighted by molar-refractivity contribution is 5.19. The van der Waals surface area contributed by atoms with E-state index in [2.05, 4.69) is 19.9 Å². The van der Waals surface area contributed by atoms with E-state index in [0.717, 1.165) is 38.5 Å². The lowest BCUT2D eigenvalue weighted by Crippen LogP contribution is -2.53. The number of hydrogen-bond acceptors (Lipinski definition) is 2. The second kappa shape index (κ2) is 3.73. The first-order chi connectivity index (χ1) is 8.41. The molecule has 0 spiro atoms. The molecule has 0 aromatic carbocycles. The van der Waals surface area contributed by atoms with Crippen LogP contribution in [0.2, 0.25) is 0 Å². The fourth-order valence-corrected chi connectivity index (χ4v) is 4.88. The van der Waals surface area contributed by atoms with Gasteiger partial charge in [-0.25, -0.2) is 0 Å². The van der Waals surface area contributed by atoms with Crippen molar-refractivity contribution in [3.63, 3.8) is 0 Å². The average molecular weight is 247 g/mol. The molecular formula is C16H25NO. The van der Waals surface area contributed by atoms with E-state index in [1.54, 1.807) is 0 Å². The summed E-state index contributed by atoms with van der Waals surface area (Å²) in [7, 11) is 0. The second-order valence-electron chi connectivity index (χ2n) is 7.86. The summed E-state index contributed by atoms with van der Waals surface area (Å²) >= 11 is 0. The molecular weight excluding hydrogens is 222 g/mol. The van der Waals surface area contributed by atoms with Crippen LogP contribution in [0.25, 0.3) is 0 Å². The van der Waals surface area contributed by atoms with E-state index in [1.807, 2.05) is 0 Å². The molecule has 2 heteroatoms. The van der Waals surface area contributed by atoms with Gasteiger partial charge in [-0.1, -0.05) is 13.8 Å². The van der Waals surface area contributed by atoms with Crippen molar-refractivity contribution in [2.24, 2.45) is 22.7 Å². The molecule has 0 heterocycles. The highest BCUT2D eigenvalue weighted by Crippen LogP contribution is 2.62. The smallest absolute Gasteiger partial charge is 0.0864 e. The van der Waals surface area contributed by atoms with Crippen molar-refractivity contribution in [3.8, 4) is 6.07 Å². The normalized spacial score (nSPS) is 44.8. The van der Waals surface area contributed by atoms with Gasteiger partial charge < -0.3 is 5.11 Å². The maximum Gasteiger partial charge on any atom is 0.0864 e. The van der Waals surface area contributed by atoms with E-state index < -0.39 is 11.0 Å². The van der Waals surface area contributed by atoms with Gasteiger partial charge >= 0.3 is 0 Å². The summed E-state index contributed by atoms with van der Waals surface area (Å²) in [6.45, 7) is 4.58. The van der Waals surface area contributed by atoms with Gasteiger partial charge in [0.05, 0.1) is 17.1 Å². The van der Waals surface area contributed by atoms with Crippen LogP contribution in [0.5, 0.6) is 0 Å². The second-order valence-corrected chi connectivity index (χ2v) is 7.86. The quantitative estimate of drug-likeness (QED) is 0.768. The van der Waals surface area contributed by atoms with E-state index in [9.17, 15) is 10.4 Å². The van der Waals surface area contributed by atoms with Crippen molar-refractivity contribution in [3.05, 3.63) is 0 Å². The van der Waals surface area contributed by atoms with Crippen LogP contribution in [-0.4, -0.2) is 10.7 Å². The van der Waals surface area contributed by atoms with Gasteiger partial charge in [-0.2, -0.15) is 5.26 Å². The first kappa shape index (κ1) is 12.5. The van der Waals surface area contributed by atoms with E-state index in [4.69, 9.17) is 0 Å². The summed E-state index contributed by atoms with van der Waals surface area (Å²) in [5.74, 6) is 1.10. The van der Waals surface area contributed by atoms with Gasteiger partial charge in [0.25, 0.3) is 0 Å². The van der Waals surface area contributed by atoms with Crippen molar-refractivity contribution in [2.75, 3.05) is 0 Å². The topological polar surface area (TPSA) is 44.0 Å². The molecule has 3 atom stereocenters. The maximum absolute atomic E-state index is 11.2. The summed E-state index contributed by atoms with van der Waals surface area (Å²) in [4.78, 5) is 0. The number of rotatable bonds is 1. The Kier molecular flexibility index (Phi) is 2.59. The Bertz CT molecular complexity index is 384. The number of fused-ring (bicyclic) bond motifs is 2. The Morgan fingerprint density at radius 2 is 1.78 bits per heavy atom. The molecule has 1 N–H and O–H groups in total. The van der Waals surface area contributed by atoms with Gasteiger partial charge in [0.15, 0.2) is 0 Å². The third-order valence-electron chi connectivity index (χ3n) is 6.32. The molecule has 18 heavy (non-hydrogen) atoms. The van der Waals surface area contributed by atoms with Crippen LogP contribution in [-0.2, 0) is 0 Å². The molecule has 0 aliphatic heterocycles. The van der Waals surface area contributed by atoms with Crippen molar-refractivity contribution in [2.45, 2.75) is 70.8 Å². The molecule has 0 aromatic heterocycles. The molecule has 3 aliphatic rings. The van der Waals surface area contributed by atoms with Crippen LogP contribution >= 0.6 is 0 Å². The highest BCUT2D eigenvalue weighted by atomic mass is 16.3. The lowest BCUT2D eigenvalue weighted by atomic mass is 9.55. The monoisotopic (exact) mass is 247 g/mol. The Balaban J connectivity index is 1.87. The summed E-state index contributed by atoms with van der Waals surface area (Å²) in [5, 5.41) is 21.0. The van der Waals surface area contributed by atoms with Crippen LogP contribution in [0.3, 0.4) is 0 Å². The van der Waals surface area contributed by atoms with Crippen molar-refractivity contribution in [1.82, 2.24) is 0 Å². The van der Waals surface area contributed by atoms with Gasteiger partial charge in [0.1, 0.15) is 0 Å². The zero-order valence-electron chi connectivity index (χ0n) is 11.7. The summed E-state index contributed by atoms with van der Waals surface area (Å²) < 4.78 is 0. The number of nitriles is 1. The minimum absolute atomic E-state index is 0.355. The van der Waals surface area contributed by atoms with Crippen LogP contribution in [0.15, 0.2) is 0 Å². The molecule has 3 fully saturated rings. The molecule has 3 rings (SSSR count). The molecule has 0 amide bonds. The zero-order valence-corrected chi connectivity index (χ0v) is 11.7. The van der Waals surface area contributed by atoms with Gasteiger partial charge in [0.2, 0.25) is 0 Å². The van der Waals surface area contributed by atoms with Crippen LogP contribution < -0.4 is 0 Å². The molecule has 2 nitrogen and oxygen atoms in total. The molecule has 2 bridgehead atoms. The lowest BCUT2D eigenvalue weighted by molar-refractivity contribution is -0.120. The molecule has 0 saturated heterocycles. The van der Waals surface area contributed by atoms with E-state index in [-0.39, 0.29) is 0 Å². The molecule has 0 radical (unpaired) electrons. The maximum atomic E-state index is 11.2. The first-order valence-corrected chi connectivity index (χ1v) is 7.54. The summed E-state index contributed by atoms with van der Waals surface area (Å²) in [5.41, 5.74) is -0.752. The highest BCUT2D eigenvalue weighted by Gasteiger charge is 2.62. The third-order valence-corrected chi connectivity index (χ3v) is 6.32. The SMILES string of the molecule is CC1(C)CCC(C#N)(C2(O)CC3CCC2C3)CC1. The van der Waals surface area contributed by atoms with Gasteiger partial charge in [-0.05, 0) is 68.6 Å². The van der Waals surface area contributed by atoms with Crippen LogP contribution in [0, 0.1) is 34.0 Å². The van der Waals surface area contributed by atoms with E-state index in [0.29, 0.717) is 17.3 Å². The summed E-state index contributed by atoms with van der Waals surface area (Å²) in [6.07, 6.45) is 8.45. The van der Waals surface area contributed by atoms with Crippen molar-refractivity contribution < 1.29 is 5.11 Å². The van der Waals surface area contributed by atoms with Gasteiger partial charge in [-0.3, -0.25) is 0 Å². The molecule has 3 saturated carbocycles. The Hall–Kier alpha value is -0.550. The molecule has 3 unspecified atom stereocenters. The van der Waals surface area contributed by atoms with Crippen LogP contribution in [0.4, 0.5) is 0 Å². The minimum atomic E-state index is -0.666. The Morgan fingerprint density at radius 3 is 2.22 bits per heavy atom. The molecule has 100 valence electrons. The van der Waals surface area contributed by atoms with Gasteiger partial charge in [0, 0.05) is 0 Å². The average Bonchev–Trinajstić information content (AvgIpc) is 2.90. The van der Waals surface area contributed by atoms with Gasteiger partial charge in [-0.15, -0.1) is 0 Å². The number of hydrogen-bond donors (Lipinski definition) is 1.